The number of nitrogens with one attached hydrogen (secondary N) is 1. The standard InChI is InChI=1S/C14H13BrN2O2/c1-9-7-8-13(19-9)10(2)16-17-14(18)11-5-3-4-6-12(11)15/h3-8H,1-2H3,(H,17,18)/b16-10+. The van der Waals surface area contributed by atoms with Gasteiger partial charge in [0.05, 0.1) is 5.56 Å². The van der Waals surface area contributed by atoms with E-state index in [1.54, 1.807) is 25.1 Å². The predicted molar refractivity (Wildman–Crippen MR) is 77.3 cm³/mol. The van der Waals surface area contributed by atoms with Gasteiger partial charge in [-0.3, -0.25) is 4.79 Å². The number of amides is 1. The second kappa shape index (κ2) is 5.84. The van der Waals surface area contributed by atoms with E-state index in [-0.39, 0.29) is 5.91 Å². The number of aryl methyl sites for hydroxylation is 1. The lowest BCUT2D eigenvalue weighted by atomic mass is 10.2. The second-order valence-corrected chi connectivity index (χ2v) is 4.88. The maximum absolute atomic E-state index is 11.9. The number of nitrogens with zero attached hydrogens (tertiary/aromatic N) is 1. The van der Waals surface area contributed by atoms with Gasteiger partial charge < -0.3 is 4.42 Å². The van der Waals surface area contributed by atoms with Crippen LogP contribution >= 0.6 is 15.9 Å². The van der Waals surface area contributed by atoms with Gasteiger partial charge in [-0.2, -0.15) is 5.10 Å². The third-order valence-corrected chi connectivity index (χ3v) is 3.23. The molecule has 0 aliphatic rings. The minimum Gasteiger partial charge on any atom is -0.460 e. The van der Waals surface area contributed by atoms with Crippen LogP contribution in [0.1, 0.15) is 28.8 Å². The summed E-state index contributed by atoms with van der Waals surface area (Å²) in [6, 6.07) is 10.8. The summed E-state index contributed by atoms with van der Waals surface area (Å²) in [6.07, 6.45) is 0. The fraction of sp³-hybridized carbons (Fsp3) is 0.143. The zero-order valence-corrected chi connectivity index (χ0v) is 12.2. The molecule has 0 aliphatic heterocycles. The second-order valence-electron chi connectivity index (χ2n) is 4.03. The van der Waals surface area contributed by atoms with Gasteiger partial charge in [-0.1, -0.05) is 12.1 Å². The number of hydrogen-bond acceptors (Lipinski definition) is 3. The van der Waals surface area contributed by atoms with Gasteiger partial charge in [-0.15, -0.1) is 0 Å². The molecule has 0 saturated carbocycles. The van der Waals surface area contributed by atoms with E-state index in [1.807, 2.05) is 25.1 Å². The molecule has 2 rings (SSSR count). The van der Waals surface area contributed by atoms with E-state index >= 15 is 0 Å². The first kappa shape index (κ1) is 13.5. The molecule has 2 aromatic rings. The molecule has 5 heteroatoms. The number of rotatable bonds is 3. The molecule has 0 atom stereocenters. The molecule has 0 saturated heterocycles. The topological polar surface area (TPSA) is 54.6 Å². The van der Waals surface area contributed by atoms with Crippen molar-refractivity contribution in [1.29, 1.82) is 0 Å². The normalized spacial score (nSPS) is 11.4. The molecule has 0 unspecified atom stereocenters. The molecule has 0 fully saturated rings. The van der Waals surface area contributed by atoms with Crippen molar-refractivity contribution in [2.24, 2.45) is 5.10 Å². The van der Waals surface area contributed by atoms with E-state index in [0.717, 1.165) is 10.2 Å². The van der Waals surface area contributed by atoms with Crippen LogP contribution in [0.5, 0.6) is 0 Å². The number of carbonyl (C=O) groups is 1. The van der Waals surface area contributed by atoms with Gasteiger partial charge in [0, 0.05) is 4.47 Å². The average molecular weight is 321 g/mol. The van der Waals surface area contributed by atoms with Crippen LogP contribution in [0.4, 0.5) is 0 Å². The zero-order valence-electron chi connectivity index (χ0n) is 10.6. The summed E-state index contributed by atoms with van der Waals surface area (Å²) in [5.74, 6) is 1.18. The molecule has 0 spiro atoms. The van der Waals surface area contributed by atoms with Crippen molar-refractivity contribution < 1.29 is 9.21 Å². The van der Waals surface area contributed by atoms with Crippen LogP contribution in [-0.4, -0.2) is 11.6 Å². The van der Waals surface area contributed by atoms with E-state index in [2.05, 4.69) is 26.5 Å². The van der Waals surface area contributed by atoms with Gasteiger partial charge in [0.2, 0.25) is 0 Å². The van der Waals surface area contributed by atoms with E-state index in [4.69, 9.17) is 4.42 Å². The molecule has 1 aromatic carbocycles. The Labute approximate surface area is 119 Å². The summed E-state index contributed by atoms with van der Waals surface area (Å²) in [4.78, 5) is 11.9. The average Bonchev–Trinajstić information content (AvgIpc) is 2.83. The van der Waals surface area contributed by atoms with Crippen molar-refractivity contribution in [3.05, 3.63) is 58.0 Å². The molecule has 1 N–H and O–H groups in total. The Morgan fingerprint density at radius 2 is 2.00 bits per heavy atom. The lowest BCUT2D eigenvalue weighted by Gasteiger charge is -2.03. The number of hydrogen-bond donors (Lipinski definition) is 1. The summed E-state index contributed by atoms with van der Waals surface area (Å²) in [7, 11) is 0. The third-order valence-electron chi connectivity index (χ3n) is 2.54. The van der Waals surface area contributed by atoms with Gasteiger partial charge in [0.25, 0.3) is 5.91 Å². The predicted octanol–water partition coefficient (Wildman–Crippen LogP) is 3.50. The summed E-state index contributed by atoms with van der Waals surface area (Å²) in [6.45, 7) is 3.63. The van der Waals surface area contributed by atoms with E-state index in [0.29, 0.717) is 17.0 Å². The maximum Gasteiger partial charge on any atom is 0.272 e. The quantitative estimate of drug-likeness (QED) is 0.695. The van der Waals surface area contributed by atoms with Crippen LogP contribution in [-0.2, 0) is 0 Å². The molecular weight excluding hydrogens is 308 g/mol. The van der Waals surface area contributed by atoms with Crippen molar-refractivity contribution >= 4 is 27.5 Å². The lowest BCUT2D eigenvalue weighted by Crippen LogP contribution is -2.19. The molecule has 19 heavy (non-hydrogen) atoms. The largest absolute Gasteiger partial charge is 0.460 e. The van der Waals surface area contributed by atoms with Gasteiger partial charge >= 0.3 is 0 Å². The van der Waals surface area contributed by atoms with Crippen molar-refractivity contribution in [1.82, 2.24) is 5.43 Å². The van der Waals surface area contributed by atoms with Crippen LogP contribution in [0.25, 0.3) is 0 Å². The first-order valence-corrected chi connectivity index (χ1v) is 6.53. The fourth-order valence-electron chi connectivity index (χ4n) is 1.52. The summed E-state index contributed by atoms with van der Waals surface area (Å²) in [5.41, 5.74) is 3.66. The SMILES string of the molecule is C/C(=N\NC(=O)c1ccccc1Br)c1ccc(C)o1. The third kappa shape index (κ3) is 3.32. The number of carbonyl (C=O) groups excluding carboxylic acids is 1. The molecule has 1 amide bonds. The summed E-state index contributed by atoms with van der Waals surface area (Å²) in [5, 5.41) is 4.03. The van der Waals surface area contributed by atoms with Crippen molar-refractivity contribution in [2.75, 3.05) is 0 Å². The Bertz CT molecular complexity index is 632. The highest BCUT2D eigenvalue weighted by Gasteiger charge is 2.09. The van der Waals surface area contributed by atoms with E-state index in [1.165, 1.54) is 0 Å². The minimum absolute atomic E-state index is 0.268. The Morgan fingerprint density at radius 3 is 2.63 bits per heavy atom. The Kier molecular flexibility index (Phi) is 4.16. The highest BCUT2D eigenvalue weighted by molar-refractivity contribution is 9.10. The van der Waals surface area contributed by atoms with Crippen LogP contribution in [0.2, 0.25) is 0 Å². The highest BCUT2D eigenvalue weighted by atomic mass is 79.9. The molecule has 0 bridgehead atoms. The first-order valence-electron chi connectivity index (χ1n) is 5.74. The Balaban J connectivity index is 2.10. The Hall–Kier alpha value is -1.88. The van der Waals surface area contributed by atoms with Crippen LogP contribution in [0.15, 0.2) is 50.4 Å². The van der Waals surface area contributed by atoms with Gasteiger partial charge in [-0.25, -0.2) is 5.43 Å². The summed E-state index contributed by atoms with van der Waals surface area (Å²) < 4.78 is 6.15. The number of furan rings is 1. The molecule has 0 aliphatic carbocycles. The maximum atomic E-state index is 11.9. The smallest absolute Gasteiger partial charge is 0.272 e. The molecule has 98 valence electrons. The molecule has 1 heterocycles. The number of hydrazone groups is 1. The van der Waals surface area contributed by atoms with Crippen molar-refractivity contribution in [3.8, 4) is 0 Å². The fourth-order valence-corrected chi connectivity index (χ4v) is 1.99. The van der Waals surface area contributed by atoms with Crippen molar-refractivity contribution in [2.45, 2.75) is 13.8 Å². The number of benzene rings is 1. The molecular formula is C14H13BrN2O2. The molecule has 0 radical (unpaired) electrons. The van der Waals surface area contributed by atoms with Crippen molar-refractivity contribution in [3.63, 3.8) is 0 Å². The molecule has 4 nitrogen and oxygen atoms in total. The Morgan fingerprint density at radius 1 is 1.26 bits per heavy atom. The van der Waals surface area contributed by atoms with Gasteiger partial charge in [0.15, 0.2) is 0 Å². The van der Waals surface area contributed by atoms with E-state index in [9.17, 15) is 4.79 Å². The van der Waals surface area contributed by atoms with Gasteiger partial charge in [-0.05, 0) is 54.0 Å². The van der Waals surface area contributed by atoms with Crippen LogP contribution in [0.3, 0.4) is 0 Å². The molecule has 1 aromatic heterocycles. The zero-order chi connectivity index (χ0) is 13.8. The highest BCUT2D eigenvalue weighted by Crippen LogP contribution is 2.15. The van der Waals surface area contributed by atoms with Gasteiger partial charge in [0.1, 0.15) is 17.2 Å². The first-order chi connectivity index (χ1) is 9.08. The van der Waals surface area contributed by atoms with E-state index < -0.39 is 0 Å². The summed E-state index contributed by atoms with van der Waals surface area (Å²) >= 11 is 3.32. The lowest BCUT2D eigenvalue weighted by molar-refractivity contribution is 0.0954. The minimum atomic E-state index is -0.268. The van der Waals surface area contributed by atoms with Crippen LogP contribution in [0, 0.1) is 6.92 Å². The monoisotopic (exact) mass is 320 g/mol. The van der Waals surface area contributed by atoms with Crippen LogP contribution < -0.4 is 5.43 Å². The number of halogens is 1.